The summed E-state index contributed by atoms with van der Waals surface area (Å²) in [6.45, 7) is 2.55. The Morgan fingerprint density at radius 1 is 1.30 bits per heavy atom. The summed E-state index contributed by atoms with van der Waals surface area (Å²) in [6.07, 6.45) is -2.05. The molecule has 2 fully saturated rings. The number of aryl methyl sites for hydroxylation is 1. The average Bonchev–Trinajstić information content (AvgIpc) is 3.40. The normalized spacial score (nSPS) is 21.4. The number of halogens is 3. The maximum absolute atomic E-state index is 13.0. The van der Waals surface area contributed by atoms with Crippen molar-refractivity contribution in [1.29, 1.82) is 0 Å². The predicted octanol–water partition coefficient (Wildman–Crippen LogP) is 3.79. The number of carbonyl (C=O) groups excluding carboxylic acids is 2. The van der Waals surface area contributed by atoms with Crippen molar-refractivity contribution in [2.75, 3.05) is 18.0 Å². The van der Waals surface area contributed by atoms with Gasteiger partial charge < -0.3 is 9.80 Å². The molecular formula is C20H25F3N2O2. The van der Waals surface area contributed by atoms with Gasteiger partial charge in [-0.2, -0.15) is 13.2 Å². The number of para-hydroxylation sites is 1. The van der Waals surface area contributed by atoms with Crippen molar-refractivity contribution in [3.05, 3.63) is 29.8 Å². The highest BCUT2D eigenvalue weighted by molar-refractivity contribution is 6.00. The summed E-state index contributed by atoms with van der Waals surface area (Å²) in [5.74, 6) is -1.37. The van der Waals surface area contributed by atoms with E-state index in [4.69, 9.17) is 0 Å². The lowest BCUT2D eigenvalue weighted by atomic mass is 10.0. The molecule has 7 heteroatoms. The number of anilines is 1. The van der Waals surface area contributed by atoms with Crippen molar-refractivity contribution in [2.45, 2.75) is 51.7 Å². The van der Waals surface area contributed by atoms with Crippen molar-refractivity contribution in [3.63, 3.8) is 0 Å². The standard InChI is InChI=1S/C20H25F3N2O2/c1-3-14-6-4-5-7-17(14)24-11-16(10-18(24)26)19(27)25(12-20(21,22)23)13(2)15-8-9-15/h4-7,13,15-16H,3,8-12H2,1-2H3/t13-,16-/m0/s1. The van der Waals surface area contributed by atoms with E-state index in [1.165, 1.54) is 0 Å². The summed E-state index contributed by atoms with van der Waals surface area (Å²) in [6, 6.07) is 6.99. The first-order valence-electron chi connectivity index (χ1n) is 9.46. The second-order valence-electron chi connectivity index (χ2n) is 7.55. The molecule has 0 N–H and O–H groups in total. The Balaban J connectivity index is 1.78. The van der Waals surface area contributed by atoms with Crippen LogP contribution in [0.5, 0.6) is 0 Å². The molecule has 3 rings (SSSR count). The van der Waals surface area contributed by atoms with Crippen LogP contribution >= 0.6 is 0 Å². The van der Waals surface area contributed by atoms with E-state index in [0.717, 1.165) is 35.4 Å². The van der Waals surface area contributed by atoms with Crippen LogP contribution < -0.4 is 4.90 Å². The van der Waals surface area contributed by atoms with Gasteiger partial charge in [0.2, 0.25) is 11.8 Å². The Morgan fingerprint density at radius 2 is 1.96 bits per heavy atom. The van der Waals surface area contributed by atoms with Gasteiger partial charge in [-0.25, -0.2) is 0 Å². The first-order valence-corrected chi connectivity index (χ1v) is 9.46. The van der Waals surface area contributed by atoms with E-state index in [1.807, 2.05) is 31.2 Å². The summed E-state index contributed by atoms with van der Waals surface area (Å²) >= 11 is 0. The number of amides is 2. The molecule has 0 aromatic heterocycles. The van der Waals surface area contributed by atoms with E-state index < -0.39 is 30.6 Å². The molecule has 0 unspecified atom stereocenters. The average molecular weight is 382 g/mol. The maximum Gasteiger partial charge on any atom is 0.406 e. The van der Waals surface area contributed by atoms with Crippen LogP contribution in [-0.4, -0.2) is 42.0 Å². The highest BCUT2D eigenvalue weighted by Gasteiger charge is 2.45. The molecule has 27 heavy (non-hydrogen) atoms. The number of carbonyl (C=O) groups is 2. The van der Waals surface area contributed by atoms with Gasteiger partial charge in [-0.05, 0) is 43.7 Å². The third-order valence-electron chi connectivity index (χ3n) is 5.57. The molecule has 1 saturated heterocycles. The first kappa shape index (κ1) is 19.7. The van der Waals surface area contributed by atoms with Gasteiger partial charge in [0, 0.05) is 24.7 Å². The topological polar surface area (TPSA) is 40.6 Å². The summed E-state index contributed by atoms with van der Waals surface area (Å²) < 4.78 is 39.1. The fourth-order valence-corrected chi connectivity index (χ4v) is 3.86. The SMILES string of the molecule is CCc1ccccc1N1C[C@@H](C(=O)N(CC(F)(F)F)[C@@H](C)C2CC2)CC1=O. The van der Waals surface area contributed by atoms with Crippen LogP contribution in [0.3, 0.4) is 0 Å². The Morgan fingerprint density at radius 3 is 2.56 bits per heavy atom. The molecule has 0 radical (unpaired) electrons. The Labute approximate surface area is 157 Å². The minimum Gasteiger partial charge on any atom is -0.330 e. The van der Waals surface area contributed by atoms with Crippen molar-refractivity contribution in [3.8, 4) is 0 Å². The molecular weight excluding hydrogens is 357 g/mol. The molecule has 148 valence electrons. The molecule has 0 bridgehead atoms. The van der Waals surface area contributed by atoms with E-state index in [0.29, 0.717) is 0 Å². The predicted molar refractivity (Wildman–Crippen MR) is 96.2 cm³/mol. The third-order valence-corrected chi connectivity index (χ3v) is 5.57. The molecule has 1 aliphatic carbocycles. The molecule has 2 atom stereocenters. The Kier molecular flexibility index (Phi) is 5.49. The van der Waals surface area contributed by atoms with Gasteiger partial charge in [0.1, 0.15) is 6.54 Å². The zero-order valence-corrected chi connectivity index (χ0v) is 15.6. The van der Waals surface area contributed by atoms with Crippen LogP contribution in [0, 0.1) is 11.8 Å². The largest absolute Gasteiger partial charge is 0.406 e. The number of nitrogens with zero attached hydrogens (tertiary/aromatic N) is 2. The summed E-state index contributed by atoms with van der Waals surface area (Å²) in [7, 11) is 0. The lowest BCUT2D eigenvalue weighted by Gasteiger charge is -2.32. The van der Waals surface area contributed by atoms with Crippen LogP contribution in [0.2, 0.25) is 0 Å². The lowest BCUT2D eigenvalue weighted by molar-refractivity contribution is -0.168. The van der Waals surface area contributed by atoms with Gasteiger partial charge in [0.25, 0.3) is 0 Å². The number of hydrogen-bond donors (Lipinski definition) is 0. The summed E-state index contributed by atoms with van der Waals surface area (Å²) in [5.41, 5.74) is 1.73. The first-order chi connectivity index (χ1) is 12.7. The van der Waals surface area contributed by atoms with E-state index in [1.54, 1.807) is 11.8 Å². The quantitative estimate of drug-likeness (QED) is 0.751. The molecule has 1 aromatic rings. The maximum atomic E-state index is 13.0. The molecule has 2 amide bonds. The monoisotopic (exact) mass is 382 g/mol. The van der Waals surface area contributed by atoms with Gasteiger partial charge in [-0.3, -0.25) is 9.59 Å². The van der Waals surface area contributed by atoms with E-state index >= 15 is 0 Å². The number of hydrogen-bond acceptors (Lipinski definition) is 2. The molecule has 0 spiro atoms. The second-order valence-corrected chi connectivity index (χ2v) is 7.55. The van der Waals surface area contributed by atoms with Crippen molar-refractivity contribution >= 4 is 17.5 Å². The van der Waals surface area contributed by atoms with Crippen molar-refractivity contribution < 1.29 is 22.8 Å². The minimum absolute atomic E-state index is 0.0391. The minimum atomic E-state index is -4.45. The molecule has 1 aromatic carbocycles. The summed E-state index contributed by atoms with van der Waals surface area (Å²) in [5, 5.41) is 0. The highest BCUT2D eigenvalue weighted by Crippen LogP contribution is 2.38. The molecule has 2 aliphatic rings. The van der Waals surface area contributed by atoms with Crippen LogP contribution in [0.15, 0.2) is 24.3 Å². The van der Waals surface area contributed by atoms with Crippen LogP contribution in [-0.2, 0) is 16.0 Å². The van der Waals surface area contributed by atoms with Gasteiger partial charge >= 0.3 is 6.18 Å². The Bertz CT molecular complexity index is 715. The van der Waals surface area contributed by atoms with E-state index in [-0.39, 0.29) is 24.8 Å². The van der Waals surface area contributed by atoms with Crippen molar-refractivity contribution in [2.24, 2.45) is 11.8 Å². The summed E-state index contributed by atoms with van der Waals surface area (Å²) in [4.78, 5) is 27.9. The van der Waals surface area contributed by atoms with Gasteiger partial charge in [-0.1, -0.05) is 25.1 Å². The number of rotatable bonds is 6. The smallest absolute Gasteiger partial charge is 0.330 e. The molecule has 1 saturated carbocycles. The van der Waals surface area contributed by atoms with Gasteiger partial charge in [-0.15, -0.1) is 0 Å². The van der Waals surface area contributed by atoms with Gasteiger partial charge in [0.15, 0.2) is 0 Å². The fraction of sp³-hybridized carbons (Fsp3) is 0.600. The zero-order valence-electron chi connectivity index (χ0n) is 15.6. The second kappa shape index (κ2) is 7.52. The van der Waals surface area contributed by atoms with Crippen LogP contribution in [0.25, 0.3) is 0 Å². The zero-order chi connectivity index (χ0) is 19.8. The van der Waals surface area contributed by atoms with Crippen LogP contribution in [0.1, 0.15) is 38.7 Å². The molecule has 1 aliphatic heterocycles. The molecule has 4 nitrogen and oxygen atoms in total. The fourth-order valence-electron chi connectivity index (χ4n) is 3.86. The number of alkyl halides is 3. The lowest BCUT2D eigenvalue weighted by Crippen LogP contribution is -2.48. The van der Waals surface area contributed by atoms with Crippen molar-refractivity contribution in [1.82, 2.24) is 4.90 Å². The van der Waals surface area contributed by atoms with Crippen LogP contribution in [0.4, 0.5) is 18.9 Å². The van der Waals surface area contributed by atoms with E-state index in [9.17, 15) is 22.8 Å². The molecule has 1 heterocycles. The van der Waals surface area contributed by atoms with Gasteiger partial charge in [0.05, 0.1) is 5.92 Å². The van der Waals surface area contributed by atoms with E-state index in [2.05, 4.69) is 0 Å². The number of benzene rings is 1. The highest BCUT2D eigenvalue weighted by atomic mass is 19.4. The third kappa shape index (κ3) is 4.45. The Hall–Kier alpha value is -2.05.